The molecule has 2 rings (SSSR count). The second-order valence-electron chi connectivity index (χ2n) is 4.95. The number of sulfone groups is 1. The zero-order valence-electron chi connectivity index (χ0n) is 12.4. The van der Waals surface area contributed by atoms with Gasteiger partial charge in [0, 0.05) is 22.4 Å². The number of hydrogen-bond acceptors (Lipinski definition) is 4. The Morgan fingerprint density at radius 1 is 1.14 bits per heavy atom. The molecular weight excluding hydrogens is 318 g/mol. The Balaban J connectivity index is 2.09. The van der Waals surface area contributed by atoms with Crippen LogP contribution in [-0.2, 0) is 15.6 Å². The molecule has 0 unspecified atom stereocenters. The fourth-order valence-electron chi connectivity index (χ4n) is 1.96. The van der Waals surface area contributed by atoms with E-state index in [4.69, 9.17) is 0 Å². The third kappa shape index (κ3) is 4.89. The monoisotopic (exact) mass is 335 g/mol. The largest absolute Gasteiger partial charge is 0.322 e. The molecule has 0 bridgehead atoms. The van der Waals surface area contributed by atoms with E-state index in [1.807, 2.05) is 30.5 Å². The Kier molecular flexibility index (Phi) is 5.26. The molecule has 0 aliphatic heterocycles. The van der Waals surface area contributed by atoms with Gasteiger partial charge in [-0.2, -0.15) is 0 Å². The van der Waals surface area contributed by atoms with E-state index in [0.29, 0.717) is 11.1 Å². The summed E-state index contributed by atoms with van der Waals surface area (Å²) in [5.41, 5.74) is 1.90. The van der Waals surface area contributed by atoms with Gasteiger partial charge < -0.3 is 5.32 Å². The van der Waals surface area contributed by atoms with Crippen molar-refractivity contribution in [2.75, 3.05) is 17.8 Å². The maximum Gasteiger partial charge on any atom is 0.255 e. The number of carbonyl (C=O) groups is 1. The van der Waals surface area contributed by atoms with Crippen LogP contribution in [0.2, 0.25) is 0 Å². The molecule has 0 heterocycles. The molecular formula is C16H17NO3S2. The highest BCUT2D eigenvalue weighted by Gasteiger charge is 2.08. The number of rotatable bonds is 5. The molecule has 6 heteroatoms. The molecule has 0 saturated carbocycles. The molecule has 0 atom stereocenters. The molecule has 116 valence electrons. The minimum Gasteiger partial charge on any atom is -0.322 e. The van der Waals surface area contributed by atoms with Crippen LogP contribution in [0, 0.1) is 0 Å². The average molecular weight is 335 g/mol. The summed E-state index contributed by atoms with van der Waals surface area (Å²) in [6, 6.07) is 14.2. The molecule has 0 aromatic heterocycles. The topological polar surface area (TPSA) is 63.2 Å². The van der Waals surface area contributed by atoms with Crippen molar-refractivity contribution in [1.82, 2.24) is 0 Å². The lowest BCUT2D eigenvalue weighted by atomic mass is 10.1. The number of hydrogen-bond donors (Lipinski definition) is 1. The highest BCUT2D eigenvalue weighted by atomic mass is 32.2. The SMILES string of the molecule is CSc1cccc(NC(=O)c2ccc(CS(C)(=O)=O)cc2)c1. The van der Waals surface area contributed by atoms with E-state index < -0.39 is 9.84 Å². The van der Waals surface area contributed by atoms with Crippen LogP contribution in [0.3, 0.4) is 0 Å². The summed E-state index contributed by atoms with van der Waals surface area (Å²) in [6.45, 7) is 0. The van der Waals surface area contributed by atoms with Crippen LogP contribution in [0.1, 0.15) is 15.9 Å². The van der Waals surface area contributed by atoms with Crippen LogP contribution in [-0.4, -0.2) is 26.8 Å². The maximum atomic E-state index is 12.2. The van der Waals surface area contributed by atoms with E-state index in [-0.39, 0.29) is 11.7 Å². The molecule has 22 heavy (non-hydrogen) atoms. The molecule has 2 aromatic carbocycles. The summed E-state index contributed by atoms with van der Waals surface area (Å²) < 4.78 is 22.5. The summed E-state index contributed by atoms with van der Waals surface area (Å²) in [7, 11) is -3.07. The lowest BCUT2D eigenvalue weighted by molar-refractivity contribution is 0.102. The zero-order chi connectivity index (χ0) is 16.2. The Hall–Kier alpha value is -1.79. The predicted octanol–water partition coefficient (Wildman–Crippen LogP) is 3.21. The van der Waals surface area contributed by atoms with E-state index in [0.717, 1.165) is 10.6 Å². The van der Waals surface area contributed by atoms with Crippen LogP contribution < -0.4 is 5.32 Å². The zero-order valence-corrected chi connectivity index (χ0v) is 14.0. The normalized spacial score (nSPS) is 11.2. The van der Waals surface area contributed by atoms with Crippen LogP contribution in [0.4, 0.5) is 5.69 Å². The molecule has 1 amide bonds. The first-order valence-electron chi connectivity index (χ1n) is 6.59. The first-order chi connectivity index (χ1) is 10.4. The summed E-state index contributed by atoms with van der Waals surface area (Å²) in [5.74, 6) is -0.242. The fourth-order valence-corrected chi connectivity index (χ4v) is 3.22. The summed E-state index contributed by atoms with van der Waals surface area (Å²) in [5, 5.41) is 2.83. The predicted molar refractivity (Wildman–Crippen MR) is 91.2 cm³/mol. The van der Waals surface area contributed by atoms with Gasteiger partial charge in [0.1, 0.15) is 0 Å². The minimum atomic E-state index is -3.07. The lowest BCUT2D eigenvalue weighted by Gasteiger charge is -2.07. The van der Waals surface area contributed by atoms with Crippen molar-refractivity contribution in [2.24, 2.45) is 0 Å². The molecule has 2 aromatic rings. The summed E-state index contributed by atoms with van der Waals surface area (Å²) in [6.07, 6.45) is 3.16. The second kappa shape index (κ2) is 6.98. The Morgan fingerprint density at radius 3 is 2.41 bits per heavy atom. The van der Waals surface area contributed by atoms with Gasteiger partial charge in [-0.05, 0) is 42.2 Å². The Bertz CT molecular complexity index is 768. The standard InChI is InChI=1S/C16H17NO3S2/c1-21-15-5-3-4-14(10-15)17-16(18)13-8-6-12(7-9-13)11-22(2,19)20/h3-10H,11H2,1-2H3,(H,17,18). The third-order valence-electron chi connectivity index (χ3n) is 2.97. The molecule has 1 N–H and O–H groups in total. The van der Waals surface area contributed by atoms with Crippen LogP contribution >= 0.6 is 11.8 Å². The molecule has 0 aliphatic carbocycles. The molecule has 0 fully saturated rings. The summed E-state index contributed by atoms with van der Waals surface area (Å²) in [4.78, 5) is 13.2. The lowest BCUT2D eigenvalue weighted by Crippen LogP contribution is -2.12. The van der Waals surface area contributed by atoms with Gasteiger partial charge in [-0.3, -0.25) is 4.79 Å². The van der Waals surface area contributed by atoms with Gasteiger partial charge in [-0.25, -0.2) is 8.42 Å². The number of benzene rings is 2. The van der Waals surface area contributed by atoms with Crippen LogP contribution in [0.5, 0.6) is 0 Å². The van der Waals surface area contributed by atoms with E-state index >= 15 is 0 Å². The van der Waals surface area contributed by atoms with Gasteiger partial charge in [-0.1, -0.05) is 18.2 Å². The van der Waals surface area contributed by atoms with Crippen molar-refractivity contribution in [3.8, 4) is 0 Å². The van der Waals surface area contributed by atoms with E-state index in [1.165, 1.54) is 6.26 Å². The first kappa shape index (κ1) is 16.6. The number of anilines is 1. The van der Waals surface area contributed by atoms with Crippen molar-refractivity contribution in [3.63, 3.8) is 0 Å². The van der Waals surface area contributed by atoms with Gasteiger partial charge in [-0.15, -0.1) is 11.8 Å². The number of carbonyl (C=O) groups excluding carboxylic acids is 1. The van der Waals surface area contributed by atoms with E-state index in [1.54, 1.807) is 36.0 Å². The van der Waals surface area contributed by atoms with Crippen LogP contribution in [0.15, 0.2) is 53.4 Å². The van der Waals surface area contributed by atoms with E-state index in [9.17, 15) is 13.2 Å². The fraction of sp³-hybridized carbons (Fsp3) is 0.188. The smallest absolute Gasteiger partial charge is 0.255 e. The highest BCUT2D eigenvalue weighted by Crippen LogP contribution is 2.19. The quantitative estimate of drug-likeness (QED) is 0.852. The number of amides is 1. The minimum absolute atomic E-state index is 0.0231. The van der Waals surface area contributed by atoms with Gasteiger partial charge in [0.15, 0.2) is 9.84 Å². The molecule has 0 spiro atoms. The van der Waals surface area contributed by atoms with Gasteiger partial charge in [0.05, 0.1) is 5.75 Å². The van der Waals surface area contributed by atoms with Crippen molar-refractivity contribution < 1.29 is 13.2 Å². The van der Waals surface area contributed by atoms with E-state index in [2.05, 4.69) is 5.32 Å². The third-order valence-corrected chi connectivity index (χ3v) is 4.56. The van der Waals surface area contributed by atoms with Gasteiger partial charge >= 0.3 is 0 Å². The molecule has 0 aliphatic rings. The second-order valence-corrected chi connectivity index (χ2v) is 7.97. The maximum absolute atomic E-state index is 12.2. The van der Waals surface area contributed by atoms with Crippen molar-refractivity contribution in [3.05, 3.63) is 59.7 Å². The molecule has 0 radical (unpaired) electrons. The van der Waals surface area contributed by atoms with Gasteiger partial charge in [0.25, 0.3) is 5.91 Å². The first-order valence-corrected chi connectivity index (χ1v) is 9.88. The number of nitrogens with one attached hydrogen (secondary N) is 1. The Morgan fingerprint density at radius 2 is 1.82 bits per heavy atom. The number of thioether (sulfide) groups is 1. The molecule has 4 nitrogen and oxygen atoms in total. The summed E-state index contributed by atoms with van der Waals surface area (Å²) >= 11 is 1.60. The average Bonchev–Trinajstić information content (AvgIpc) is 2.46. The Labute approximate surface area is 134 Å². The van der Waals surface area contributed by atoms with Crippen LogP contribution in [0.25, 0.3) is 0 Å². The van der Waals surface area contributed by atoms with Crippen molar-refractivity contribution in [2.45, 2.75) is 10.6 Å². The highest BCUT2D eigenvalue weighted by molar-refractivity contribution is 7.98. The van der Waals surface area contributed by atoms with Crippen molar-refractivity contribution in [1.29, 1.82) is 0 Å². The van der Waals surface area contributed by atoms with Crippen molar-refractivity contribution >= 4 is 33.2 Å². The van der Waals surface area contributed by atoms with Gasteiger partial charge in [0.2, 0.25) is 0 Å². The molecule has 0 saturated heterocycles.